The Kier molecular flexibility index (Phi) is 18.1. The van der Waals surface area contributed by atoms with E-state index in [1.54, 1.807) is 36.9 Å². The number of hydrogen-bond acceptors (Lipinski definition) is 12. The van der Waals surface area contributed by atoms with Crippen molar-refractivity contribution >= 4 is 83.3 Å². The SMILES string of the molecule is CCO[Si](CCC(SSC(CC[Si](OCC)OCCCOC)c1nc2ccccc2s1)c1nc2ccccc2s1)OCCCOC. The molecule has 0 spiro atoms. The summed E-state index contributed by atoms with van der Waals surface area (Å²) >= 11 is 3.59. The number of fused-ring (bicyclic) bond motifs is 2. The highest BCUT2D eigenvalue weighted by atomic mass is 33.1. The highest BCUT2D eigenvalue weighted by Gasteiger charge is 2.27. The third-order valence-corrected chi connectivity index (χ3v) is 16.3. The van der Waals surface area contributed by atoms with Crippen LogP contribution in [0.25, 0.3) is 20.4 Å². The Bertz CT molecular complexity index is 1230. The van der Waals surface area contributed by atoms with Crippen LogP contribution in [0.3, 0.4) is 0 Å². The molecule has 0 bridgehead atoms. The van der Waals surface area contributed by atoms with E-state index in [-0.39, 0.29) is 10.5 Å². The van der Waals surface area contributed by atoms with Crippen LogP contribution in [0.15, 0.2) is 48.5 Å². The van der Waals surface area contributed by atoms with E-state index >= 15 is 0 Å². The van der Waals surface area contributed by atoms with Gasteiger partial charge in [0.2, 0.25) is 0 Å². The van der Waals surface area contributed by atoms with Crippen molar-refractivity contribution in [2.24, 2.45) is 0 Å². The van der Waals surface area contributed by atoms with Gasteiger partial charge in [0.25, 0.3) is 0 Å². The molecule has 0 fully saturated rings. The van der Waals surface area contributed by atoms with Crippen LogP contribution in [0, 0.1) is 0 Å². The lowest BCUT2D eigenvalue weighted by Gasteiger charge is -2.21. The van der Waals surface area contributed by atoms with Gasteiger partial charge in [0, 0.05) is 53.9 Å². The zero-order chi connectivity index (χ0) is 32.4. The largest absolute Gasteiger partial charge is 0.394 e. The summed E-state index contributed by atoms with van der Waals surface area (Å²) in [5.41, 5.74) is 2.11. The lowest BCUT2D eigenvalue weighted by Crippen LogP contribution is -2.24. The zero-order valence-electron chi connectivity index (χ0n) is 27.2. The molecule has 0 aliphatic heterocycles. The number of thiazole rings is 2. The van der Waals surface area contributed by atoms with Gasteiger partial charge in [-0.25, -0.2) is 9.97 Å². The monoisotopic (exact) mass is 738 g/mol. The average molecular weight is 739 g/mol. The molecular formula is C32H46N2O6S4Si2. The number of ether oxygens (including phenoxy) is 2. The first-order valence-electron chi connectivity index (χ1n) is 15.9. The maximum absolute atomic E-state index is 6.22. The summed E-state index contributed by atoms with van der Waals surface area (Å²) in [7, 11) is 4.47. The third-order valence-electron chi connectivity index (χ3n) is 6.80. The van der Waals surface area contributed by atoms with Crippen molar-refractivity contribution in [3.8, 4) is 0 Å². The molecule has 2 aromatic carbocycles. The summed E-state index contributed by atoms with van der Waals surface area (Å²) in [5.74, 6) is 0. The lowest BCUT2D eigenvalue weighted by atomic mass is 10.3. The molecule has 2 atom stereocenters. The fraction of sp³-hybridized carbons (Fsp3) is 0.562. The number of rotatable bonds is 25. The Morgan fingerprint density at radius 2 is 1.07 bits per heavy atom. The second-order valence-corrected chi connectivity index (χ2v) is 18.7. The summed E-state index contributed by atoms with van der Waals surface area (Å²) in [4.78, 5) is 10.2. The van der Waals surface area contributed by atoms with E-state index in [0.29, 0.717) is 39.6 Å². The molecule has 2 unspecified atom stereocenters. The number of benzene rings is 2. The summed E-state index contributed by atoms with van der Waals surface area (Å²) in [5, 5.41) is 2.70. The van der Waals surface area contributed by atoms with Crippen LogP contribution in [0.5, 0.6) is 0 Å². The zero-order valence-corrected chi connectivity index (χ0v) is 32.5. The number of nitrogens with zero attached hydrogens (tertiary/aromatic N) is 2. The van der Waals surface area contributed by atoms with Gasteiger partial charge in [-0.1, -0.05) is 45.9 Å². The van der Waals surface area contributed by atoms with Gasteiger partial charge >= 0.3 is 18.6 Å². The highest BCUT2D eigenvalue weighted by molar-refractivity contribution is 8.76. The lowest BCUT2D eigenvalue weighted by molar-refractivity contribution is 0.152. The van der Waals surface area contributed by atoms with Gasteiger partial charge in [0.05, 0.1) is 30.9 Å². The predicted molar refractivity (Wildman–Crippen MR) is 198 cm³/mol. The smallest absolute Gasteiger partial charge is 0.384 e. The van der Waals surface area contributed by atoms with Crippen LogP contribution < -0.4 is 0 Å². The van der Waals surface area contributed by atoms with E-state index in [2.05, 4.69) is 48.5 Å². The topological polar surface area (TPSA) is 81.2 Å². The van der Waals surface area contributed by atoms with E-state index in [9.17, 15) is 0 Å². The number of methoxy groups -OCH3 is 2. The van der Waals surface area contributed by atoms with Crippen molar-refractivity contribution in [1.82, 2.24) is 9.97 Å². The van der Waals surface area contributed by atoms with Gasteiger partial charge in [-0.2, -0.15) is 0 Å². The maximum atomic E-state index is 6.22. The number of aromatic nitrogens is 2. The molecule has 2 radical (unpaired) electrons. The Morgan fingerprint density at radius 1 is 0.630 bits per heavy atom. The molecule has 8 nitrogen and oxygen atoms in total. The average Bonchev–Trinajstić information content (AvgIpc) is 3.70. The standard InChI is InChI=1S/C32H46N2O6S4Si2/c1-5-37-45(39-21-11-19-35-3)23-17-29(31-33-25-13-7-9-15-27(25)41-31)43-44-30(32-34-26-14-8-10-16-28(26)42-32)18-24-46(38-6-2)40-22-12-20-36-4/h7-10,13-16,29-30H,5-6,11-12,17-24H2,1-4H3. The second kappa shape index (κ2) is 22.0. The molecule has 0 N–H and O–H groups in total. The van der Waals surface area contributed by atoms with Gasteiger partial charge < -0.3 is 27.2 Å². The fourth-order valence-electron chi connectivity index (χ4n) is 4.59. The molecule has 0 saturated heterocycles. The van der Waals surface area contributed by atoms with E-state index in [0.717, 1.165) is 58.8 Å². The van der Waals surface area contributed by atoms with E-state index in [1.165, 1.54) is 9.40 Å². The van der Waals surface area contributed by atoms with Crippen molar-refractivity contribution in [2.45, 2.75) is 62.1 Å². The summed E-state index contributed by atoms with van der Waals surface area (Å²) in [6, 6.07) is 18.6. The number of para-hydroxylation sites is 2. The minimum Gasteiger partial charge on any atom is -0.394 e. The van der Waals surface area contributed by atoms with Gasteiger partial charge in [-0.05, 0) is 75.9 Å². The van der Waals surface area contributed by atoms with Crippen LogP contribution in [-0.4, -0.2) is 82.4 Å². The van der Waals surface area contributed by atoms with Crippen molar-refractivity contribution in [3.63, 3.8) is 0 Å². The van der Waals surface area contributed by atoms with E-state index in [1.807, 2.05) is 35.4 Å². The Balaban J connectivity index is 1.51. The first kappa shape index (κ1) is 37.9. The molecule has 2 heterocycles. The molecule has 2 aromatic heterocycles. The maximum Gasteiger partial charge on any atom is 0.384 e. The van der Waals surface area contributed by atoms with Crippen LogP contribution in [0.4, 0.5) is 0 Å². The van der Waals surface area contributed by atoms with Gasteiger partial charge in [-0.15, -0.1) is 22.7 Å². The van der Waals surface area contributed by atoms with Gasteiger partial charge in [0.1, 0.15) is 10.0 Å². The molecule has 252 valence electrons. The Hall–Kier alpha value is -0.886. The molecule has 0 saturated carbocycles. The van der Waals surface area contributed by atoms with Crippen LogP contribution in [0.1, 0.15) is 60.0 Å². The van der Waals surface area contributed by atoms with Crippen molar-refractivity contribution in [2.75, 3.05) is 53.9 Å². The number of hydrogen-bond donors (Lipinski definition) is 0. The predicted octanol–water partition coefficient (Wildman–Crippen LogP) is 9.01. The summed E-state index contributed by atoms with van der Waals surface area (Å²) < 4.78 is 37.5. The van der Waals surface area contributed by atoms with E-state index < -0.39 is 18.6 Å². The minimum atomic E-state index is -1.40. The quantitative estimate of drug-likeness (QED) is 0.0373. The van der Waals surface area contributed by atoms with E-state index in [4.69, 9.17) is 37.1 Å². The Labute approximate surface area is 293 Å². The molecule has 46 heavy (non-hydrogen) atoms. The fourth-order valence-corrected chi connectivity index (χ4v) is 14.0. The molecule has 4 aromatic rings. The normalized spacial score (nSPS) is 13.4. The van der Waals surface area contributed by atoms with Gasteiger partial charge in [-0.3, -0.25) is 0 Å². The minimum absolute atomic E-state index is 0.198. The second-order valence-electron chi connectivity index (χ2n) is 10.3. The first-order valence-corrected chi connectivity index (χ1v) is 22.8. The van der Waals surface area contributed by atoms with Crippen LogP contribution >= 0.6 is 44.3 Å². The molecule has 0 amide bonds. The Morgan fingerprint density at radius 3 is 1.46 bits per heavy atom. The van der Waals surface area contributed by atoms with Gasteiger partial charge in [0.15, 0.2) is 0 Å². The molecule has 0 aliphatic carbocycles. The van der Waals surface area contributed by atoms with Crippen molar-refractivity contribution in [3.05, 3.63) is 58.5 Å². The summed E-state index contributed by atoms with van der Waals surface area (Å²) in [6.07, 6.45) is 3.60. The highest BCUT2D eigenvalue weighted by Crippen LogP contribution is 2.52. The summed E-state index contributed by atoms with van der Waals surface area (Å²) in [6.45, 7) is 8.10. The first-order chi connectivity index (χ1) is 22.6. The van der Waals surface area contributed by atoms with Crippen LogP contribution in [0.2, 0.25) is 12.1 Å². The van der Waals surface area contributed by atoms with Crippen molar-refractivity contribution < 1.29 is 27.2 Å². The molecular weight excluding hydrogens is 693 g/mol. The third kappa shape index (κ3) is 12.5. The molecule has 0 aliphatic rings. The van der Waals surface area contributed by atoms with Crippen molar-refractivity contribution in [1.29, 1.82) is 0 Å². The van der Waals surface area contributed by atoms with Crippen LogP contribution in [-0.2, 0) is 27.2 Å². The molecule has 14 heteroatoms. The molecule has 4 rings (SSSR count).